The number of imidazole rings is 1. The standard InChI is InChI=1S/C13H19N5O2/c1-2-14-11-8-17-4-3-15-12(17)13(16-11)18-5-6-20-10(7-18)9-19/h3-4,8,10,14,19H,2,5-7,9H2,1H3. The highest BCUT2D eigenvalue weighted by Crippen LogP contribution is 2.22. The predicted octanol–water partition coefficient (Wildman–Crippen LogP) is 0.359. The maximum atomic E-state index is 9.26. The van der Waals surface area contributed by atoms with Gasteiger partial charge in [-0.15, -0.1) is 0 Å². The third-order valence-corrected chi connectivity index (χ3v) is 3.36. The molecule has 7 nitrogen and oxygen atoms in total. The predicted molar refractivity (Wildman–Crippen MR) is 76.2 cm³/mol. The van der Waals surface area contributed by atoms with Crippen LogP contribution in [0, 0.1) is 0 Å². The molecule has 0 saturated carbocycles. The van der Waals surface area contributed by atoms with Crippen LogP contribution < -0.4 is 10.2 Å². The fourth-order valence-corrected chi connectivity index (χ4v) is 2.42. The first kappa shape index (κ1) is 13.1. The molecule has 0 bridgehead atoms. The highest BCUT2D eigenvalue weighted by Gasteiger charge is 2.23. The van der Waals surface area contributed by atoms with E-state index >= 15 is 0 Å². The molecule has 1 fully saturated rings. The number of aliphatic hydroxyl groups is 1. The minimum atomic E-state index is -0.164. The molecule has 2 aromatic heterocycles. The van der Waals surface area contributed by atoms with E-state index in [1.165, 1.54) is 0 Å². The van der Waals surface area contributed by atoms with Gasteiger partial charge in [0.2, 0.25) is 0 Å². The van der Waals surface area contributed by atoms with Crippen molar-refractivity contribution in [1.82, 2.24) is 14.4 Å². The monoisotopic (exact) mass is 277 g/mol. The van der Waals surface area contributed by atoms with Crippen LogP contribution in [-0.4, -0.2) is 58.4 Å². The first-order valence-corrected chi connectivity index (χ1v) is 6.86. The van der Waals surface area contributed by atoms with Gasteiger partial charge in [-0.3, -0.25) is 0 Å². The van der Waals surface area contributed by atoms with Crippen LogP contribution >= 0.6 is 0 Å². The number of rotatable bonds is 4. The second-order valence-corrected chi connectivity index (χ2v) is 4.76. The minimum Gasteiger partial charge on any atom is -0.394 e. The minimum absolute atomic E-state index is 0.0220. The highest BCUT2D eigenvalue weighted by molar-refractivity contribution is 5.67. The highest BCUT2D eigenvalue weighted by atomic mass is 16.5. The van der Waals surface area contributed by atoms with Gasteiger partial charge in [0, 0.05) is 32.0 Å². The van der Waals surface area contributed by atoms with Crippen LogP contribution in [0.3, 0.4) is 0 Å². The van der Waals surface area contributed by atoms with Crippen LogP contribution in [0.4, 0.5) is 11.6 Å². The number of anilines is 2. The van der Waals surface area contributed by atoms with Gasteiger partial charge in [0.05, 0.1) is 25.5 Å². The summed E-state index contributed by atoms with van der Waals surface area (Å²) in [4.78, 5) is 11.1. The molecule has 1 atom stereocenters. The number of aromatic nitrogens is 3. The molecule has 20 heavy (non-hydrogen) atoms. The van der Waals surface area contributed by atoms with Gasteiger partial charge >= 0.3 is 0 Å². The van der Waals surface area contributed by atoms with Crippen molar-refractivity contribution in [2.24, 2.45) is 0 Å². The zero-order valence-corrected chi connectivity index (χ0v) is 11.5. The van der Waals surface area contributed by atoms with Crippen LogP contribution in [0.15, 0.2) is 18.6 Å². The van der Waals surface area contributed by atoms with E-state index < -0.39 is 0 Å². The van der Waals surface area contributed by atoms with Gasteiger partial charge in [0.25, 0.3) is 0 Å². The van der Waals surface area contributed by atoms with Gasteiger partial charge in [-0.2, -0.15) is 0 Å². The molecular formula is C13H19N5O2. The number of nitrogens with one attached hydrogen (secondary N) is 1. The van der Waals surface area contributed by atoms with E-state index in [2.05, 4.69) is 20.2 Å². The van der Waals surface area contributed by atoms with Crippen molar-refractivity contribution in [3.05, 3.63) is 18.6 Å². The van der Waals surface area contributed by atoms with Gasteiger partial charge in [-0.25, -0.2) is 9.97 Å². The summed E-state index contributed by atoms with van der Waals surface area (Å²) < 4.78 is 7.45. The number of morpholine rings is 1. The number of hydrogen-bond acceptors (Lipinski definition) is 6. The topological polar surface area (TPSA) is 74.9 Å². The van der Waals surface area contributed by atoms with Crippen LogP contribution in [0.25, 0.3) is 5.65 Å². The summed E-state index contributed by atoms with van der Waals surface area (Å²) in [6.07, 6.45) is 5.44. The average Bonchev–Trinajstić information content (AvgIpc) is 2.95. The van der Waals surface area contributed by atoms with Gasteiger partial charge in [0.15, 0.2) is 11.5 Å². The van der Waals surface area contributed by atoms with Crippen LogP contribution in [0.1, 0.15) is 6.92 Å². The molecule has 7 heteroatoms. The van der Waals surface area contributed by atoms with Crippen molar-refractivity contribution < 1.29 is 9.84 Å². The van der Waals surface area contributed by atoms with Crippen molar-refractivity contribution >= 4 is 17.3 Å². The van der Waals surface area contributed by atoms with E-state index in [1.54, 1.807) is 6.20 Å². The zero-order chi connectivity index (χ0) is 13.9. The van der Waals surface area contributed by atoms with E-state index in [1.807, 2.05) is 23.7 Å². The molecule has 0 spiro atoms. The van der Waals surface area contributed by atoms with Gasteiger partial charge in [-0.05, 0) is 6.92 Å². The molecule has 0 radical (unpaired) electrons. The number of fused-ring (bicyclic) bond motifs is 1. The largest absolute Gasteiger partial charge is 0.394 e. The van der Waals surface area contributed by atoms with E-state index in [9.17, 15) is 5.11 Å². The Hall–Kier alpha value is -1.86. The molecule has 1 aliphatic heterocycles. The quantitative estimate of drug-likeness (QED) is 0.840. The van der Waals surface area contributed by atoms with E-state index in [4.69, 9.17) is 4.74 Å². The van der Waals surface area contributed by atoms with Gasteiger partial charge in [-0.1, -0.05) is 0 Å². The van der Waals surface area contributed by atoms with Crippen molar-refractivity contribution in [3.63, 3.8) is 0 Å². The van der Waals surface area contributed by atoms with Crippen molar-refractivity contribution in [2.45, 2.75) is 13.0 Å². The third kappa shape index (κ3) is 2.41. The fraction of sp³-hybridized carbons (Fsp3) is 0.538. The molecule has 0 aromatic carbocycles. The van der Waals surface area contributed by atoms with Crippen molar-refractivity contribution in [2.75, 3.05) is 43.1 Å². The SMILES string of the molecule is CCNc1cn2ccnc2c(N2CCOC(CO)C2)n1. The molecular weight excluding hydrogens is 258 g/mol. The number of ether oxygens (including phenoxy) is 1. The lowest BCUT2D eigenvalue weighted by molar-refractivity contribution is 0.00342. The Kier molecular flexibility index (Phi) is 3.70. The van der Waals surface area contributed by atoms with E-state index in [-0.39, 0.29) is 12.7 Å². The van der Waals surface area contributed by atoms with Crippen LogP contribution in [0.5, 0.6) is 0 Å². The lowest BCUT2D eigenvalue weighted by atomic mass is 10.3. The summed E-state index contributed by atoms with van der Waals surface area (Å²) in [5.41, 5.74) is 0.824. The number of aliphatic hydroxyl groups excluding tert-OH is 1. The van der Waals surface area contributed by atoms with Gasteiger partial charge in [0.1, 0.15) is 5.82 Å². The smallest absolute Gasteiger partial charge is 0.180 e. The average molecular weight is 277 g/mol. The molecule has 108 valence electrons. The lowest BCUT2D eigenvalue weighted by Crippen LogP contribution is -2.44. The molecule has 2 aromatic rings. The van der Waals surface area contributed by atoms with Crippen molar-refractivity contribution in [3.8, 4) is 0 Å². The molecule has 1 saturated heterocycles. The molecule has 3 rings (SSSR count). The lowest BCUT2D eigenvalue weighted by Gasteiger charge is -2.33. The second-order valence-electron chi connectivity index (χ2n) is 4.76. The maximum Gasteiger partial charge on any atom is 0.180 e. The summed E-state index contributed by atoms with van der Waals surface area (Å²) in [7, 11) is 0. The van der Waals surface area contributed by atoms with E-state index in [0.29, 0.717) is 13.2 Å². The molecule has 1 unspecified atom stereocenters. The summed E-state index contributed by atoms with van der Waals surface area (Å²) in [6, 6.07) is 0. The normalized spacial score (nSPS) is 19.5. The summed E-state index contributed by atoms with van der Waals surface area (Å²) in [5.74, 6) is 1.65. The Morgan fingerprint density at radius 3 is 3.25 bits per heavy atom. The molecule has 0 amide bonds. The summed E-state index contributed by atoms with van der Waals surface area (Å²) in [5, 5.41) is 12.5. The molecule has 2 N–H and O–H groups in total. The molecule has 3 heterocycles. The Labute approximate surface area is 117 Å². The van der Waals surface area contributed by atoms with E-state index in [0.717, 1.165) is 30.4 Å². The zero-order valence-electron chi connectivity index (χ0n) is 11.5. The Morgan fingerprint density at radius 2 is 2.45 bits per heavy atom. The first-order valence-electron chi connectivity index (χ1n) is 6.86. The Morgan fingerprint density at radius 1 is 1.55 bits per heavy atom. The first-order chi connectivity index (χ1) is 9.81. The van der Waals surface area contributed by atoms with Gasteiger partial charge < -0.3 is 24.5 Å². The van der Waals surface area contributed by atoms with Crippen LogP contribution in [0.2, 0.25) is 0 Å². The Balaban J connectivity index is 1.98. The maximum absolute atomic E-state index is 9.26. The number of hydrogen-bond donors (Lipinski definition) is 2. The Bertz CT molecular complexity index is 585. The summed E-state index contributed by atoms with van der Waals surface area (Å²) >= 11 is 0. The summed E-state index contributed by atoms with van der Waals surface area (Å²) in [6.45, 7) is 4.84. The second kappa shape index (κ2) is 5.64. The fourth-order valence-electron chi connectivity index (χ4n) is 2.42. The number of nitrogens with zero attached hydrogens (tertiary/aromatic N) is 4. The van der Waals surface area contributed by atoms with Crippen LogP contribution in [-0.2, 0) is 4.74 Å². The molecule has 0 aliphatic carbocycles. The molecule has 1 aliphatic rings. The third-order valence-electron chi connectivity index (χ3n) is 3.36. The van der Waals surface area contributed by atoms with Crippen molar-refractivity contribution in [1.29, 1.82) is 0 Å².